The molecule has 0 aromatic carbocycles. The number of allylic oxidation sites excluding steroid dienone is 7. The lowest BCUT2D eigenvalue weighted by Crippen LogP contribution is -2.45. The molecule has 0 aliphatic carbocycles. The molecule has 0 radical (unpaired) electrons. The summed E-state index contributed by atoms with van der Waals surface area (Å²) < 4.78 is 0. The fraction of sp³-hybridized carbons (Fsp3) is 0.830. The zero-order valence-electron chi connectivity index (χ0n) is 38.4. The Morgan fingerprint density at radius 2 is 0.684 bits per heavy atom. The Kier molecular flexibility index (Phi) is 47.3. The van der Waals surface area contributed by atoms with Gasteiger partial charge in [0.05, 0.1) is 18.8 Å². The fourth-order valence-corrected chi connectivity index (χ4v) is 7.62. The summed E-state index contributed by atoms with van der Waals surface area (Å²) in [5.74, 6) is -0.0779. The number of rotatable bonds is 46. The van der Waals surface area contributed by atoms with Gasteiger partial charge in [-0.2, -0.15) is 0 Å². The van der Waals surface area contributed by atoms with Crippen molar-refractivity contribution in [2.45, 2.75) is 276 Å². The zero-order chi connectivity index (χ0) is 41.4. The van der Waals surface area contributed by atoms with E-state index >= 15 is 0 Å². The largest absolute Gasteiger partial charge is 0.394 e. The number of carbonyl (C=O) groups is 1. The molecule has 1 amide bonds. The molecule has 0 aromatic rings. The Morgan fingerprint density at radius 3 is 1.02 bits per heavy atom. The third-order valence-electron chi connectivity index (χ3n) is 11.5. The first-order chi connectivity index (χ1) is 28.2. The molecule has 0 rings (SSSR count). The molecule has 0 heterocycles. The Balaban J connectivity index is 3.57. The quantitative estimate of drug-likeness (QED) is 0.0424. The molecule has 2 unspecified atom stereocenters. The van der Waals surface area contributed by atoms with Gasteiger partial charge in [0.1, 0.15) is 0 Å². The summed E-state index contributed by atoms with van der Waals surface area (Å²) in [5.41, 5.74) is 0. The lowest BCUT2D eigenvalue weighted by molar-refractivity contribution is -0.123. The minimum Gasteiger partial charge on any atom is -0.394 e. The third-order valence-corrected chi connectivity index (χ3v) is 11.5. The number of hydrogen-bond acceptors (Lipinski definition) is 3. The van der Waals surface area contributed by atoms with Crippen LogP contribution in [-0.4, -0.2) is 34.9 Å². The topological polar surface area (TPSA) is 69.6 Å². The van der Waals surface area contributed by atoms with Crippen LogP contribution >= 0.6 is 0 Å². The highest BCUT2D eigenvalue weighted by atomic mass is 16.3. The normalized spacial score (nSPS) is 13.3. The van der Waals surface area contributed by atoms with E-state index in [2.05, 4.69) is 55.6 Å². The number of unbranched alkanes of at least 4 members (excludes halogenated alkanes) is 33. The Hall–Kier alpha value is -1.65. The van der Waals surface area contributed by atoms with Gasteiger partial charge in [-0.25, -0.2) is 0 Å². The summed E-state index contributed by atoms with van der Waals surface area (Å²) in [7, 11) is 0. The standard InChI is InChI=1S/C53H99NO3/c1-3-5-7-9-11-13-15-17-19-21-23-24-25-26-27-28-29-31-33-35-37-39-41-43-45-47-49-53(57)54-51(50-55)52(56)48-46-44-42-40-38-36-34-32-30-22-20-18-16-14-12-10-8-6-4-2/h26-27,30,32,38,40,46,48,51-52,55-56H,3-25,28-29,31,33-37,39,41-45,47,49-50H2,1-2H3,(H,54,57)/b27-26-,32-30+,40-38+,48-46+. The van der Waals surface area contributed by atoms with Gasteiger partial charge in [0.2, 0.25) is 5.91 Å². The number of amides is 1. The SMILES string of the molecule is CCCCCCCCCCC/C=C/CC/C=C/CC/C=C/C(O)C(CO)NC(=O)CCCCCCCCCCCC/C=C\CCCCCCCCCCCCCC. The van der Waals surface area contributed by atoms with Crippen LogP contribution in [0.3, 0.4) is 0 Å². The van der Waals surface area contributed by atoms with Gasteiger partial charge in [-0.05, 0) is 70.6 Å². The molecule has 0 spiro atoms. The van der Waals surface area contributed by atoms with Gasteiger partial charge in [0, 0.05) is 6.42 Å². The molecule has 0 aromatic heterocycles. The van der Waals surface area contributed by atoms with Crippen molar-refractivity contribution in [2.75, 3.05) is 6.61 Å². The molecule has 0 saturated carbocycles. The van der Waals surface area contributed by atoms with Crippen molar-refractivity contribution in [1.29, 1.82) is 0 Å². The molecule has 57 heavy (non-hydrogen) atoms. The van der Waals surface area contributed by atoms with Crippen LogP contribution in [0.4, 0.5) is 0 Å². The second-order valence-corrected chi connectivity index (χ2v) is 17.2. The predicted octanol–water partition coefficient (Wildman–Crippen LogP) is 16.3. The van der Waals surface area contributed by atoms with Crippen LogP contribution < -0.4 is 5.32 Å². The van der Waals surface area contributed by atoms with E-state index in [-0.39, 0.29) is 12.5 Å². The molecule has 0 bridgehead atoms. The summed E-state index contributed by atoms with van der Waals surface area (Å²) >= 11 is 0. The highest BCUT2D eigenvalue weighted by molar-refractivity contribution is 5.76. The first kappa shape index (κ1) is 55.4. The molecule has 0 aliphatic rings. The van der Waals surface area contributed by atoms with Crippen LogP contribution in [0.5, 0.6) is 0 Å². The Labute approximate surface area is 356 Å². The highest BCUT2D eigenvalue weighted by Gasteiger charge is 2.17. The Morgan fingerprint density at radius 1 is 0.404 bits per heavy atom. The number of aliphatic hydroxyl groups excluding tert-OH is 2. The molecule has 3 N–H and O–H groups in total. The van der Waals surface area contributed by atoms with Gasteiger partial charge in [0.25, 0.3) is 0 Å². The maximum Gasteiger partial charge on any atom is 0.220 e. The van der Waals surface area contributed by atoms with Gasteiger partial charge < -0.3 is 15.5 Å². The van der Waals surface area contributed by atoms with Gasteiger partial charge in [-0.1, -0.05) is 236 Å². The monoisotopic (exact) mass is 798 g/mol. The van der Waals surface area contributed by atoms with Crippen molar-refractivity contribution in [3.8, 4) is 0 Å². The molecule has 4 nitrogen and oxygen atoms in total. The fourth-order valence-electron chi connectivity index (χ4n) is 7.62. The van der Waals surface area contributed by atoms with Gasteiger partial charge in [-0.3, -0.25) is 4.79 Å². The van der Waals surface area contributed by atoms with E-state index < -0.39 is 12.1 Å². The molecule has 0 saturated heterocycles. The maximum absolute atomic E-state index is 12.4. The molecular formula is C53H99NO3. The second kappa shape index (κ2) is 48.7. The van der Waals surface area contributed by atoms with Crippen LogP contribution in [0.15, 0.2) is 48.6 Å². The zero-order valence-corrected chi connectivity index (χ0v) is 38.4. The van der Waals surface area contributed by atoms with E-state index in [0.29, 0.717) is 6.42 Å². The number of nitrogens with one attached hydrogen (secondary N) is 1. The summed E-state index contributed by atoms with van der Waals surface area (Å²) in [6, 6.07) is -0.647. The molecule has 2 atom stereocenters. The van der Waals surface area contributed by atoms with Crippen LogP contribution in [0, 0.1) is 0 Å². The second-order valence-electron chi connectivity index (χ2n) is 17.2. The number of hydrogen-bond donors (Lipinski definition) is 3. The summed E-state index contributed by atoms with van der Waals surface area (Å²) in [6.07, 6.45) is 66.8. The van der Waals surface area contributed by atoms with Crippen molar-refractivity contribution < 1.29 is 15.0 Å². The Bertz CT molecular complexity index is 908. The number of aliphatic hydroxyl groups is 2. The van der Waals surface area contributed by atoms with E-state index in [1.54, 1.807) is 6.08 Å². The van der Waals surface area contributed by atoms with E-state index in [1.165, 1.54) is 205 Å². The van der Waals surface area contributed by atoms with Crippen LogP contribution in [0.1, 0.15) is 264 Å². The first-order valence-corrected chi connectivity index (χ1v) is 25.4. The van der Waals surface area contributed by atoms with Crippen molar-refractivity contribution in [3.05, 3.63) is 48.6 Å². The van der Waals surface area contributed by atoms with Crippen LogP contribution in [0.2, 0.25) is 0 Å². The van der Waals surface area contributed by atoms with Crippen molar-refractivity contribution in [2.24, 2.45) is 0 Å². The summed E-state index contributed by atoms with van der Waals surface area (Å²) in [6.45, 7) is 4.31. The number of carbonyl (C=O) groups excluding carboxylic acids is 1. The van der Waals surface area contributed by atoms with Gasteiger partial charge in [0.15, 0.2) is 0 Å². The van der Waals surface area contributed by atoms with Crippen LogP contribution in [0.25, 0.3) is 0 Å². The average molecular weight is 798 g/mol. The first-order valence-electron chi connectivity index (χ1n) is 25.4. The predicted molar refractivity (Wildman–Crippen MR) is 253 cm³/mol. The van der Waals surface area contributed by atoms with Gasteiger partial charge >= 0.3 is 0 Å². The van der Waals surface area contributed by atoms with E-state index in [9.17, 15) is 15.0 Å². The lowest BCUT2D eigenvalue weighted by Gasteiger charge is -2.19. The third kappa shape index (κ3) is 45.3. The summed E-state index contributed by atoms with van der Waals surface area (Å²) in [5, 5.41) is 23.1. The van der Waals surface area contributed by atoms with Crippen LogP contribution in [-0.2, 0) is 4.79 Å². The lowest BCUT2D eigenvalue weighted by atomic mass is 10.0. The maximum atomic E-state index is 12.4. The smallest absolute Gasteiger partial charge is 0.220 e. The van der Waals surface area contributed by atoms with E-state index in [0.717, 1.165) is 38.5 Å². The van der Waals surface area contributed by atoms with Crippen molar-refractivity contribution >= 4 is 5.91 Å². The molecule has 0 aliphatic heterocycles. The van der Waals surface area contributed by atoms with Gasteiger partial charge in [-0.15, -0.1) is 0 Å². The molecule has 334 valence electrons. The van der Waals surface area contributed by atoms with E-state index in [4.69, 9.17) is 0 Å². The van der Waals surface area contributed by atoms with Crippen molar-refractivity contribution in [3.63, 3.8) is 0 Å². The highest BCUT2D eigenvalue weighted by Crippen LogP contribution is 2.15. The minimum absolute atomic E-state index is 0.0779. The van der Waals surface area contributed by atoms with E-state index in [1.807, 2.05) is 6.08 Å². The van der Waals surface area contributed by atoms with Crippen molar-refractivity contribution in [1.82, 2.24) is 5.32 Å². The molecule has 4 heteroatoms. The molecular weight excluding hydrogens is 699 g/mol. The summed E-state index contributed by atoms with van der Waals surface area (Å²) in [4.78, 5) is 12.4. The average Bonchev–Trinajstić information content (AvgIpc) is 3.22. The molecule has 0 fully saturated rings. The minimum atomic E-state index is -0.871.